The molecule has 0 bridgehead atoms. The van der Waals surface area contributed by atoms with Crippen molar-refractivity contribution in [2.24, 2.45) is 0 Å². The number of carbonyl (C=O) groups is 2. The number of cyclic esters (lactones) is 1. The van der Waals surface area contributed by atoms with Gasteiger partial charge in [-0.1, -0.05) is 11.3 Å². The number of ether oxygens (including phenoxy) is 1. The molecule has 9 heteroatoms. The van der Waals surface area contributed by atoms with Crippen molar-refractivity contribution in [2.75, 3.05) is 18.0 Å². The molecule has 2 aromatic rings. The second-order valence-corrected chi connectivity index (χ2v) is 5.79. The first-order valence-electron chi connectivity index (χ1n) is 6.83. The van der Waals surface area contributed by atoms with Gasteiger partial charge in [0.1, 0.15) is 22.4 Å². The summed E-state index contributed by atoms with van der Waals surface area (Å²) in [4.78, 5) is 24.1. The van der Waals surface area contributed by atoms with Gasteiger partial charge in [0.2, 0.25) is 5.91 Å². The van der Waals surface area contributed by atoms with Crippen molar-refractivity contribution in [3.05, 3.63) is 29.5 Å². The summed E-state index contributed by atoms with van der Waals surface area (Å²) in [6.07, 6.45) is -1.03. The van der Waals surface area contributed by atoms with E-state index < -0.39 is 18.0 Å². The van der Waals surface area contributed by atoms with Gasteiger partial charge in [-0.25, -0.2) is 9.18 Å². The number of carbonyl (C=O) groups excluding carboxylic acids is 2. The maximum Gasteiger partial charge on any atom is 0.414 e. The highest BCUT2D eigenvalue weighted by Crippen LogP contribution is 2.29. The largest absolute Gasteiger partial charge is 0.442 e. The van der Waals surface area contributed by atoms with Crippen LogP contribution in [0.2, 0.25) is 0 Å². The monoisotopic (exact) mass is 336 g/mol. The van der Waals surface area contributed by atoms with Crippen LogP contribution in [0.4, 0.5) is 14.9 Å². The summed E-state index contributed by atoms with van der Waals surface area (Å²) in [5.41, 5.74) is 2.25. The molecular formula is C14H13FN4O3S. The molecule has 1 unspecified atom stereocenters. The third-order valence-corrected chi connectivity index (χ3v) is 4.03. The van der Waals surface area contributed by atoms with E-state index in [9.17, 15) is 14.0 Å². The number of amides is 2. The van der Waals surface area contributed by atoms with Gasteiger partial charge in [-0.05, 0) is 18.2 Å². The molecule has 1 aromatic heterocycles. The zero-order valence-electron chi connectivity index (χ0n) is 12.2. The first-order valence-corrected chi connectivity index (χ1v) is 7.71. The first kappa shape index (κ1) is 15.3. The minimum absolute atomic E-state index is 0.202. The highest BCUT2D eigenvalue weighted by Gasteiger charge is 2.32. The minimum atomic E-state index is -0.566. The molecule has 23 heavy (non-hydrogen) atoms. The minimum Gasteiger partial charge on any atom is -0.442 e. The lowest BCUT2D eigenvalue weighted by Crippen LogP contribution is -2.33. The van der Waals surface area contributed by atoms with Crippen LogP contribution in [0, 0.1) is 5.82 Å². The van der Waals surface area contributed by atoms with Gasteiger partial charge >= 0.3 is 6.09 Å². The van der Waals surface area contributed by atoms with Gasteiger partial charge in [-0.3, -0.25) is 9.69 Å². The normalized spacial score (nSPS) is 17.2. The molecule has 120 valence electrons. The molecular weight excluding hydrogens is 323 g/mol. The molecule has 7 nitrogen and oxygen atoms in total. The molecule has 2 amide bonds. The van der Waals surface area contributed by atoms with Crippen LogP contribution < -0.4 is 10.2 Å². The van der Waals surface area contributed by atoms with Crippen molar-refractivity contribution in [2.45, 2.75) is 13.0 Å². The Hall–Kier alpha value is -2.55. The van der Waals surface area contributed by atoms with E-state index in [0.29, 0.717) is 16.3 Å². The highest BCUT2D eigenvalue weighted by atomic mass is 32.1. The van der Waals surface area contributed by atoms with Gasteiger partial charge < -0.3 is 10.1 Å². The van der Waals surface area contributed by atoms with Gasteiger partial charge in [0.25, 0.3) is 0 Å². The number of hydrogen-bond donors (Lipinski definition) is 1. The molecule has 1 aliphatic rings. The lowest BCUT2D eigenvalue weighted by molar-refractivity contribution is -0.119. The molecule has 1 fully saturated rings. The van der Waals surface area contributed by atoms with Crippen molar-refractivity contribution >= 4 is 29.0 Å². The second-order valence-electron chi connectivity index (χ2n) is 4.96. The van der Waals surface area contributed by atoms with E-state index in [0.717, 1.165) is 0 Å². The average Bonchev–Trinajstić information content (AvgIpc) is 3.14. The van der Waals surface area contributed by atoms with E-state index >= 15 is 0 Å². The Balaban J connectivity index is 1.76. The number of nitrogens with one attached hydrogen (secondary N) is 1. The zero-order valence-corrected chi connectivity index (χ0v) is 13.0. The van der Waals surface area contributed by atoms with Crippen molar-refractivity contribution in [1.82, 2.24) is 15.5 Å². The molecule has 1 saturated heterocycles. The summed E-state index contributed by atoms with van der Waals surface area (Å²) in [5, 5.41) is 10.6. The fourth-order valence-electron chi connectivity index (χ4n) is 2.23. The molecule has 3 rings (SSSR count). The number of halogens is 1. The molecule has 1 aromatic carbocycles. The quantitative estimate of drug-likeness (QED) is 0.920. The topological polar surface area (TPSA) is 84.4 Å². The third-order valence-electron chi connectivity index (χ3n) is 3.31. The van der Waals surface area contributed by atoms with Crippen molar-refractivity contribution in [1.29, 1.82) is 0 Å². The van der Waals surface area contributed by atoms with E-state index in [2.05, 4.69) is 15.5 Å². The smallest absolute Gasteiger partial charge is 0.414 e. The number of aromatic nitrogens is 2. The number of rotatable bonds is 4. The van der Waals surface area contributed by atoms with E-state index in [1.54, 1.807) is 12.1 Å². The Kier molecular flexibility index (Phi) is 4.20. The maximum atomic E-state index is 14.2. The van der Waals surface area contributed by atoms with Gasteiger partial charge in [-0.2, -0.15) is 0 Å². The number of anilines is 1. The van der Waals surface area contributed by atoms with Crippen LogP contribution in [0.3, 0.4) is 0 Å². The molecule has 1 atom stereocenters. The Bertz CT molecular complexity index is 738. The maximum absolute atomic E-state index is 14.2. The van der Waals surface area contributed by atoms with Crippen LogP contribution in [0.5, 0.6) is 0 Å². The fourth-order valence-corrected chi connectivity index (χ4v) is 2.81. The van der Waals surface area contributed by atoms with Crippen LogP contribution in [0.25, 0.3) is 10.6 Å². The predicted molar refractivity (Wildman–Crippen MR) is 81.6 cm³/mol. The van der Waals surface area contributed by atoms with E-state index in [1.807, 2.05) is 0 Å². The summed E-state index contributed by atoms with van der Waals surface area (Å²) >= 11 is 1.23. The molecule has 0 spiro atoms. The first-order chi connectivity index (χ1) is 11.0. The Morgan fingerprint density at radius 2 is 2.39 bits per heavy atom. The molecule has 1 N–H and O–H groups in total. The summed E-state index contributed by atoms with van der Waals surface area (Å²) in [6, 6.07) is 4.44. The number of hydrogen-bond acceptors (Lipinski definition) is 6. The molecule has 0 saturated carbocycles. The number of benzene rings is 1. The van der Waals surface area contributed by atoms with Crippen LogP contribution >= 0.6 is 11.3 Å². The van der Waals surface area contributed by atoms with E-state index in [4.69, 9.17) is 4.74 Å². The Morgan fingerprint density at radius 1 is 1.57 bits per heavy atom. The molecule has 0 aliphatic carbocycles. The molecule has 1 aliphatic heterocycles. The van der Waals surface area contributed by atoms with Crippen LogP contribution in [-0.4, -0.2) is 41.4 Å². The van der Waals surface area contributed by atoms with Crippen LogP contribution in [0.1, 0.15) is 6.92 Å². The fraction of sp³-hybridized carbons (Fsp3) is 0.286. The van der Waals surface area contributed by atoms with Gasteiger partial charge in [0.05, 0.1) is 18.8 Å². The molecule has 2 heterocycles. The van der Waals surface area contributed by atoms with Crippen molar-refractivity contribution < 1.29 is 18.7 Å². The number of nitrogens with zero attached hydrogens (tertiary/aromatic N) is 3. The SMILES string of the molecule is CC(=O)NCC1CN(c2ccc(-c3nncs3)c(F)c2)C(=O)O1. The Morgan fingerprint density at radius 3 is 3.04 bits per heavy atom. The second kappa shape index (κ2) is 6.29. The van der Waals surface area contributed by atoms with Gasteiger partial charge in [0, 0.05) is 12.5 Å². The summed E-state index contributed by atoms with van der Waals surface area (Å²) in [5.74, 6) is -0.690. The predicted octanol–water partition coefficient (Wildman–Crippen LogP) is 1.81. The van der Waals surface area contributed by atoms with Crippen LogP contribution in [0.15, 0.2) is 23.7 Å². The van der Waals surface area contributed by atoms with Crippen molar-refractivity contribution in [3.8, 4) is 10.6 Å². The van der Waals surface area contributed by atoms with Gasteiger partial charge in [-0.15, -0.1) is 10.2 Å². The highest BCUT2D eigenvalue weighted by molar-refractivity contribution is 7.12. The standard InChI is InChI=1S/C14H13FN4O3S/c1-8(20)16-5-10-6-19(14(21)22-10)9-2-3-11(12(15)4-9)13-18-17-7-23-13/h2-4,7,10H,5-6H2,1H3,(H,16,20). The molecule has 0 radical (unpaired) electrons. The van der Waals surface area contributed by atoms with Crippen molar-refractivity contribution in [3.63, 3.8) is 0 Å². The van der Waals surface area contributed by atoms with E-state index in [-0.39, 0.29) is 19.0 Å². The van der Waals surface area contributed by atoms with Gasteiger partial charge in [0.15, 0.2) is 0 Å². The van der Waals surface area contributed by atoms with Crippen LogP contribution in [-0.2, 0) is 9.53 Å². The zero-order chi connectivity index (χ0) is 16.4. The lowest BCUT2D eigenvalue weighted by Gasteiger charge is -2.14. The third kappa shape index (κ3) is 3.29. The summed E-state index contributed by atoms with van der Waals surface area (Å²) in [7, 11) is 0. The average molecular weight is 336 g/mol. The summed E-state index contributed by atoms with van der Waals surface area (Å²) < 4.78 is 19.4. The summed E-state index contributed by atoms with van der Waals surface area (Å²) in [6.45, 7) is 1.86. The lowest BCUT2D eigenvalue weighted by atomic mass is 10.2. The Labute approximate surface area is 135 Å². The van der Waals surface area contributed by atoms with E-state index in [1.165, 1.54) is 34.7 Å².